The molecule has 0 radical (unpaired) electrons. The van der Waals surface area contributed by atoms with E-state index in [-0.39, 0.29) is 6.54 Å². The van der Waals surface area contributed by atoms with Gasteiger partial charge < -0.3 is 15.1 Å². The first kappa shape index (κ1) is 13.5. The second-order valence-electron chi connectivity index (χ2n) is 3.86. The summed E-state index contributed by atoms with van der Waals surface area (Å²) in [4.78, 5) is 0. The third-order valence-corrected chi connectivity index (χ3v) is 3.92. The molecule has 0 saturated carbocycles. The molecular weight excluding hydrogens is 257 g/mol. The molecule has 1 aliphatic rings. The maximum atomic E-state index is 11.8. The summed E-state index contributed by atoms with van der Waals surface area (Å²) in [5, 5.41) is 12.6. The van der Waals surface area contributed by atoms with Crippen molar-refractivity contribution < 1.29 is 22.3 Å². The average molecular weight is 271 g/mol. The second-order valence-corrected chi connectivity index (χ2v) is 5.56. The number of hydrogen-bond donors (Lipinski definition) is 2. The number of hydrogen-bond acceptors (Lipinski definition) is 6. The van der Waals surface area contributed by atoms with Crippen LogP contribution >= 0.6 is 0 Å². The molecule has 2 N–H and O–H groups in total. The quantitative estimate of drug-likeness (QED) is 0.660. The van der Waals surface area contributed by atoms with E-state index >= 15 is 0 Å². The summed E-state index contributed by atoms with van der Waals surface area (Å²) in [5.41, 5.74) is -0.700. The number of morpholine rings is 1. The van der Waals surface area contributed by atoms with Crippen LogP contribution in [0.1, 0.15) is 0 Å². The van der Waals surface area contributed by atoms with Crippen LogP contribution in [0.5, 0.6) is 0 Å². The number of nitrogens with one attached hydrogen (secondary N) is 1. The Morgan fingerprint density at radius 3 is 2.72 bits per heavy atom. The maximum absolute atomic E-state index is 11.8. The number of rotatable bonds is 4. The van der Waals surface area contributed by atoms with Crippen molar-refractivity contribution in [3.05, 3.63) is 30.3 Å². The SMILES string of the molecule is O=S(=O)(OB(O)c1ccccc1)C1CNCCO1. The van der Waals surface area contributed by atoms with Crippen LogP contribution < -0.4 is 10.8 Å². The third kappa shape index (κ3) is 3.30. The van der Waals surface area contributed by atoms with Crippen LogP contribution in [0, 0.1) is 0 Å². The molecule has 2 rings (SSSR count). The molecular formula is C10H14BNO5S. The van der Waals surface area contributed by atoms with E-state index in [1.54, 1.807) is 30.3 Å². The van der Waals surface area contributed by atoms with Gasteiger partial charge in [-0.05, 0) is 5.46 Å². The Hall–Kier alpha value is -0.925. The van der Waals surface area contributed by atoms with Crippen LogP contribution in [-0.4, -0.2) is 45.7 Å². The van der Waals surface area contributed by atoms with Crippen LogP contribution in [-0.2, 0) is 19.0 Å². The van der Waals surface area contributed by atoms with Crippen molar-refractivity contribution in [3.8, 4) is 0 Å². The first-order valence-corrected chi connectivity index (χ1v) is 7.04. The topological polar surface area (TPSA) is 84.9 Å². The Balaban J connectivity index is 2.03. The van der Waals surface area contributed by atoms with Crippen LogP contribution in [0.4, 0.5) is 0 Å². The van der Waals surface area contributed by atoms with Crippen molar-refractivity contribution in [2.45, 2.75) is 5.44 Å². The van der Waals surface area contributed by atoms with Crippen LogP contribution in [0.2, 0.25) is 0 Å². The summed E-state index contributed by atoms with van der Waals surface area (Å²) < 4.78 is 33.5. The zero-order valence-electron chi connectivity index (χ0n) is 9.65. The molecule has 1 aromatic rings. The van der Waals surface area contributed by atoms with Gasteiger partial charge in [0.15, 0.2) is 5.44 Å². The Morgan fingerprint density at radius 2 is 2.11 bits per heavy atom. The van der Waals surface area contributed by atoms with Gasteiger partial charge in [-0.3, -0.25) is 4.10 Å². The molecule has 0 bridgehead atoms. The molecule has 0 amide bonds. The third-order valence-electron chi connectivity index (χ3n) is 2.53. The van der Waals surface area contributed by atoms with Crippen molar-refractivity contribution in [2.75, 3.05) is 19.7 Å². The van der Waals surface area contributed by atoms with Crippen molar-refractivity contribution >= 4 is 22.7 Å². The van der Waals surface area contributed by atoms with Gasteiger partial charge >= 0.3 is 7.12 Å². The first-order chi connectivity index (χ1) is 8.59. The predicted molar refractivity (Wildman–Crippen MR) is 66.7 cm³/mol. The Morgan fingerprint density at radius 1 is 1.39 bits per heavy atom. The summed E-state index contributed by atoms with van der Waals surface area (Å²) in [7, 11) is -5.48. The van der Waals surface area contributed by atoms with Crippen LogP contribution in [0.25, 0.3) is 0 Å². The minimum absolute atomic E-state index is 0.157. The van der Waals surface area contributed by atoms with Gasteiger partial charge in [-0.15, -0.1) is 0 Å². The smallest absolute Gasteiger partial charge is 0.422 e. The van der Waals surface area contributed by atoms with Crippen molar-refractivity contribution in [3.63, 3.8) is 0 Å². The lowest BCUT2D eigenvalue weighted by Gasteiger charge is -2.23. The molecule has 1 unspecified atom stereocenters. The van der Waals surface area contributed by atoms with Crippen LogP contribution in [0.3, 0.4) is 0 Å². The van der Waals surface area contributed by atoms with Crippen molar-refractivity contribution in [1.29, 1.82) is 0 Å². The largest absolute Gasteiger partial charge is 0.506 e. The van der Waals surface area contributed by atoms with Gasteiger partial charge in [0, 0.05) is 13.1 Å². The summed E-state index contributed by atoms with van der Waals surface area (Å²) in [6.45, 7) is 1.06. The molecule has 1 saturated heterocycles. The zero-order valence-corrected chi connectivity index (χ0v) is 10.5. The van der Waals surface area contributed by atoms with E-state index in [0.717, 1.165) is 0 Å². The van der Waals surface area contributed by atoms with Gasteiger partial charge in [0.05, 0.1) is 6.61 Å². The highest BCUT2D eigenvalue weighted by atomic mass is 32.2. The van der Waals surface area contributed by atoms with Crippen molar-refractivity contribution in [1.82, 2.24) is 5.32 Å². The number of ether oxygens (including phenoxy) is 1. The molecule has 0 aliphatic carbocycles. The second kappa shape index (κ2) is 5.81. The monoisotopic (exact) mass is 271 g/mol. The fourth-order valence-electron chi connectivity index (χ4n) is 1.59. The van der Waals surface area contributed by atoms with E-state index in [0.29, 0.717) is 18.6 Å². The Bertz CT molecular complexity index is 474. The van der Waals surface area contributed by atoms with Gasteiger partial charge in [0.25, 0.3) is 10.1 Å². The molecule has 6 nitrogen and oxygen atoms in total. The molecule has 1 aromatic carbocycles. The average Bonchev–Trinajstić information content (AvgIpc) is 2.40. The summed E-state index contributed by atoms with van der Waals surface area (Å²) in [6.07, 6.45) is 0. The molecule has 8 heteroatoms. The Labute approximate surface area is 106 Å². The fourth-order valence-corrected chi connectivity index (χ4v) is 2.66. The van der Waals surface area contributed by atoms with Gasteiger partial charge in [-0.1, -0.05) is 30.3 Å². The normalized spacial score (nSPS) is 20.6. The van der Waals surface area contributed by atoms with E-state index in [1.165, 1.54) is 0 Å². The molecule has 1 fully saturated rings. The highest BCUT2D eigenvalue weighted by Crippen LogP contribution is 2.09. The molecule has 98 valence electrons. The van der Waals surface area contributed by atoms with Gasteiger partial charge in [0.1, 0.15) is 0 Å². The maximum Gasteiger partial charge on any atom is 0.506 e. The van der Waals surface area contributed by atoms with E-state index < -0.39 is 22.7 Å². The first-order valence-electron chi connectivity index (χ1n) is 5.57. The zero-order chi connectivity index (χ0) is 13.0. The van der Waals surface area contributed by atoms with E-state index in [4.69, 9.17) is 8.84 Å². The lowest BCUT2D eigenvalue weighted by molar-refractivity contribution is 0.0731. The summed E-state index contributed by atoms with van der Waals surface area (Å²) in [5.74, 6) is 0. The minimum Gasteiger partial charge on any atom is -0.422 e. The van der Waals surface area contributed by atoms with E-state index in [9.17, 15) is 13.4 Å². The minimum atomic E-state index is -3.97. The molecule has 1 heterocycles. The van der Waals surface area contributed by atoms with Crippen LogP contribution in [0.15, 0.2) is 30.3 Å². The lowest BCUT2D eigenvalue weighted by Crippen LogP contribution is -2.46. The lowest BCUT2D eigenvalue weighted by atomic mass is 9.80. The van der Waals surface area contributed by atoms with E-state index in [1.807, 2.05) is 0 Å². The molecule has 18 heavy (non-hydrogen) atoms. The molecule has 1 aliphatic heterocycles. The summed E-state index contributed by atoms with van der Waals surface area (Å²) in [6, 6.07) is 8.31. The predicted octanol–water partition coefficient (Wildman–Crippen LogP) is -1.33. The Kier molecular flexibility index (Phi) is 4.36. The van der Waals surface area contributed by atoms with E-state index in [2.05, 4.69) is 5.32 Å². The standard InChI is InChI=1S/C10H14BNO5S/c13-11(9-4-2-1-3-5-9)17-18(14,15)10-8-12-6-7-16-10/h1-5,10,12-13H,6-8H2. The molecule has 0 aromatic heterocycles. The fraction of sp³-hybridized carbons (Fsp3) is 0.400. The van der Waals surface area contributed by atoms with Crippen molar-refractivity contribution in [2.24, 2.45) is 0 Å². The summed E-state index contributed by atoms with van der Waals surface area (Å²) >= 11 is 0. The highest BCUT2D eigenvalue weighted by Gasteiger charge is 2.33. The highest BCUT2D eigenvalue weighted by molar-refractivity contribution is 7.88. The van der Waals surface area contributed by atoms with Gasteiger partial charge in [0.2, 0.25) is 0 Å². The molecule has 1 atom stereocenters. The van der Waals surface area contributed by atoms with Gasteiger partial charge in [-0.2, -0.15) is 8.42 Å². The number of benzene rings is 1. The van der Waals surface area contributed by atoms with Gasteiger partial charge in [-0.25, -0.2) is 0 Å². The molecule has 0 spiro atoms.